The van der Waals surface area contributed by atoms with Gasteiger partial charge in [0.1, 0.15) is 10.7 Å². The van der Waals surface area contributed by atoms with Crippen LogP contribution >= 0.6 is 22.7 Å². The number of nitrogens with one attached hydrogen (secondary N) is 2. The van der Waals surface area contributed by atoms with Gasteiger partial charge in [0.05, 0.1) is 11.3 Å². The number of thiophene rings is 1. The molecule has 2 heterocycles. The molecule has 0 aliphatic rings. The third kappa shape index (κ3) is 4.02. The van der Waals surface area contributed by atoms with Gasteiger partial charge in [0.2, 0.25) is 5.91 Å². The smallest absolute Gasteiger partial charge is 0.273 e. The van der Waals surface area contributed by atoms with E-state index in [2.05, 4.69) is 15.8 Å². The molecule has 0 bridgehead atoms. The molecule has 0 saturated carbocycles. The van der Waals surface area contributed by atoms with Crippen molar-refractivity contribution in [3.8, 4) is 9.88 Å². The maximum Gasteiger partial charge on any atom is 0.289 e. The van der Waals surface area contributed by atoms with E-state index in [1.807, 2.05) is 47.8 Å². The van der Waals surface area contributed by atoms with Crippen LogP contribution in [-0.4, -0.2) is 16.8 Å². The second-order valence-electron chi connectivity index (χ2n) is 4.68. The van der Waals surface area contributed by atoms with Crippen LogP contribution < -0.4 is 10.9 Å². The Balaban J connectivity index is 1.54. The van der Waals surface area contributed by atoms with E-state index < -0.39 is 5.91 Å². The van der Waals surface area contributed by atoms with Crippen molar-refractivity contribution in [2.75, 3.05) is 0 Å². The summed E-state index contributed by atoms with van der Waals surface area (Å²) in [5, 5.41) is 4.43. The summed E-state index contributed by atoms with van der Waals surface area (Å²) in [5.74, 6) is -0.705. The number of hydrazine groups is 1. The number of aromatic nitrogens is 1. The maximum absolute atomic E-state index is 12.0. The third-order valence-electron chi connectivity index (χ3n) is 2.99. The normalized spacial score (nSPS) is 10.3. The fourth-order valence-electron chi connectivity index (χ4n) is 1.91. The summed E-state index contributed by atoms with van der Waals surface area (Å²) in [7, 11) is 0. The second kappa shape index (κ2) is 7.17. The van der Waals surface area contributed by atoms with Gasteiger partial charge in [0.25, 0.3) is 5.91 Å². The maximum atomic E-state index is 12.0. The number of thiazole rings is 1. The van der Waals surface area contributed by atoms with Gasteiger partial charge in [-0.25, -0.2) is 4.98 Å². The zero-order valence-corrected chi connectivity index (χ0v) is 13.6. The van der Waals surface area contributed by atoms with Crippen molar-refractivity contribution in [1.82, 2.24) is 15.8 Å². The molecule has 2 aromatic heterocycles. The molecule has 0 atom stereocenters. The molecule has 2 amide bonds. The van der Waals surface area contributed by atoms with E-state index in [9.17, 15) is 9.59 Å². The van der Waals surface area contributed by atoms with Gasteiger partial charge in [0, 0.05) is 5.38 Å². The standard InChI is InChI=1S/C16H13N3O2S2/c20-14(9-11-5-2-1-3-6-11)18-19-15(21)12-10-23-16(17-12)13-7-4-8-22-13/h1-8,10H,9H2,(H,18,20)(H,19,21). The van der Waals surface area contributed by atoms with E-state index in [1.54, 1.807) is 16.7 Å². The Bertz CT molecular complexity index is 798. The van der Waals surface area contributed by atoms with Gasteiger partial charge >= 0.3 is 0 Å². The lowest BCUT2D eigenvalue weighted by Crippen LogP contribution is -2.42. The minimum atomic E-state index is -0.425. The molecular formula is C16H13N3O2S2. The minimum Gasteiger partial charge on any atom is -0.273 e. The molecule has 2 N–H and O–H groups in total. The first-order valence-electron chi connectivity index (χ1n) is 6.85. The first kappa shape index (κ1) is 15.4. The lowest BCUT2D eigenvalue weighted by molar-refractivity contribution is -0.121. The summed E-state index contributed by atoms with van der Waals surface area (Å²) in [6.45, 7) is 0. The molecule has 0 saturated heterocycles. The Hall–Kier alpha value is -2.51. The fourth-order valence-corrected chi connectivity index (χ4v) is 3.52. The Labute approximate surface area is 141 Å². The quantitative estimate of drug-likeness (QED) is 0.716. The highest BCUT2D eigenvalue weighted by atomic mass is 32.1. The number of amides is 2. The van der Waals surface area contributed by atoms with E-state index in [0.717, 1.165) is 15.4 Å². The van der Waals surface area contributed by atoms with Gasteiger partial charge in [-0.3, -0.25) is 20.4 Å². The summed E-state index contributed by atoms with van der Waals surface area (Å²) in [4.78, 5) is 29.1. The minimum absolute atomic E-state index is 0.207. The van der Waals surface area contributed by atoms with Crippen molar-refractivity contribution >= 4 is 34.5 Å². The van der Waals surface area contributed by atoms with Crippen molar-refractivity contribution < 1.29 is 9.59 Å². The number of nitrogens with zero attached hydrogens (tertiary/aromatic N) is 1. The van der Waals surface area contributed by atoms with Crippen molar-refractivity contribution in [2.24, 2.45) is 0 Å². The molecule has 23 heavy (non-hydrogen) atoms. The third-order valence-corrected chi connectivity index (χ3v) is 4.87. The van der Waals surface area contributed by atoms with Gasteiger partial charge in [-0.2, -0.15) is 0 Å². The van der Waals surface area contributed by atoms with Crippen molar-refractivity contribution in [3.05, 3.63) is 64.5 Å². The molecule has 0 radical (unpaired) electrons. The van der Waals surface area contributed by atoms with Gasteiger partial charge in [-0.1, -0.05) is 36.4 Å². The van der Waals surface area contributed by atoms with Crippen LogP contribution in [0.5, 0.6) is 0 Å². The highest BCUT2D eigenvalue weighted by Crippen LogP contribution is 2.27. The molecule has 0 spiro atoms. The Kier molecular flexibility index (Phi) is 4.80. The van der Waals surface area contributed by atoms with Crippen molar-refractivity contribution in [2.45, 2.75) is 6.42 Å². The first-order valence-corrected chi connectivity index (χ1v) is 8.61. The molecule has 0 fully saturated rings. The zero-order chi connectivity index (χ0) is 16.1. The first-order chi connectivity index (χ1) is 11.2. The van der Waals surface area contributed by atoms with Gasteiger partial charge in [0.15, 0.2) is 0 Å². The highest BCUT2D eigenvalue weighted by molar-refractivity contribution is 7.20. The topological polar surface area (TPSA) is 71.1 Å². The molecule has 7 heteroatoms. The summed E-state index contributed by atoms with van der Waals surface area (Å²) < 4.78 is 0. The number of hydrogen-bond donors (Lipinski definition) is 2. The van der Waals surface area contributed by atoms with Crippen molar-refractivity contribution in [1.29, 1.82) is 0 Å². The molecule has 3 aromatic rings. The van der Waals surface area contributed by atoms with E-state index in [0.29, 0.717) is 5.69 Å². The second-order valence-corrected chi connectivity index (χ2v) is 6.49. The molecule has 3 rings (SSSR count). The van der Waals surface area contributed by atoms with E-state index >= 15 is 0 Å². The number of carbonyl (C=O) groups is 2. The summed E-state index contributed by atoms with van der Waals surface area (Å²) >= 11 is 2.97. The number of benzene rings is 1. The van der Waals surface area contributed by atoms with Gasteiger partial charge < -0.3 is 0 Å². The van der Waals surface area contributed by atoms with Crippen LogP contribution in [0.25, 0.3) is 9.88 Å². The lowest BCUT2D eigenvalue weighted by Gasteiger charge is -2.05. The van der Waals surface area contributed by atoms with Gasteiger partial charge in [-0.15, -0.1) is 22.7 Å². The SMILES string of the molecule is O=C(Cc1ccccc1)NNC(=O)c1csc(-c2cccs2)n1. The molecule has 0 unspecified atom stereocenters. The average Bonchev–Trinajstić information content (AvgIpc) is 3.24. The zero-order valence-electron chi connectivity index (χ0n) is 12.0. The van der Waals surface area contributed by atoms with Crippen molar-refractivity contribution in [3.63, 3.8) is 0 Å². The molecule has 5 nitrogen and oxygen atoms in total. The average molecular weight is 343 g/mol. The van der Waals surface area contributed by atoms with E-state index in [-0.39, 0.29) is 12.3 Å². The number of rotatable bonds is 4. The summed E-state index contributed by atoms with van der Waals surface area (Å²) in [5.41, 5.74) is 5.96. The lowest BCUT2D eigenvalue weighted by atomic mass is 10.1. The molecule has 1 aromatic carbocycles. The Morgan fingerprint density at radius 1 is 1.00 bits per heavy atom. The molecule has 116 valence electrons. The highest BCUT2D eigenvalue weighted by Gasteiger charge is 2.13. The monoisotopic (exact) mass is 343 g/mol. The Morgan fingerprint density at radius 2 is 1.83 bits per heavy atom. The van der Waals surface area contributed by atoms with Crippen LogP contribution in [-0.2, 0) is 11.2 Å². The predicted octanol–water partition coefficient (Wildman–Crippen LogP) is 2.88. The molecule has 0 aliphatic heterocycles. The number of hydrogen-bond acceptors (Lipinski definition) is 5. The largest absolute Gasteiger partial charge is 0.289 e. The van der Waals surface area contributed by atoms with Crippen LogP contribution in [0, 0.1) is 0 Å². The van der Waals surface area contributed by atoms with Crippen LogP contribution in [0.15, 0.2) is 53.2 Å². The predicted molar refractivity (Wildman–Crippen MR) is 91.2 cm³/mol. The fraction of sp³-hybridized carbons (Fsp3) is 0.0625. The molecule has 0 aliphatic carbocycles. The molecular weight excluding hydrogens is 330 g/mol. The van der Waals surface area contributed by atoms with E-state index in [1.165, 1.54) is 11.3 Å². The summed E-state index contributed by atoms with van der Waals surface area (Å²) in [6.07, 6.45) is 0.207. The Morgan fingerprint density at radius 3 is 2.57 bits per heavy atom. The summed E-state index contributed by atoms with van der Waals surface area (Å²) in [6, 6.07) is 13.2. The van der Waals surface area contributed by atoms with Gasteiger partial charge in [-0.05, 0) is 17.0 Å². The van der Waals surface area contributed by atoms with E-state index in [4.69, 9.17) is 0 Å². The number of carbonyl (C=O) groups excluding carboxylic acids is 2. The van der Waals surface area contributed by atoms with Crippen LogP contribution in [0.1, 0.15) is 16.1 Å². The van der Waals surface area contributed by atoms with Crippen LogP contribution in [0.3, 0.4) is 0 Å². The van der Waals surface area contributed by atoms with Crippen LogP contribution in [0.4, 0.5) is 0 Å². The van der Waals surface area contributed by atoms with Crippen LogP contribution in [0.2, 0.25) is 0 Å².